The zero-order valence-corrected chi connectivity index (χ0v) is 9.81. The molecule has 1 amide bonds. The average molecular weight is 236 g/mol. The Morgan fingerprint density at radius 3 is 2.88 bits per heavy atom. The van der Waals surface area contributed by atoms with Crippen LogP contribution in [0.15, 0.2) is 35.8 Å². The van der Waals surface area contributed by atoms with Gasteiger partial charge < -0.3 is 14.6 Å². The standard InChI is InChI=1S/C12H16N2O3/c1-3-6-14(7-8-17-2)12(16)10-4-5-11(15)13-9-10/h3-5,9H,1,6-8H2,2H3,(H,13,15). The summed E-state index contributed by atoms with van der Waals surface area (Å²) in [7, 11) is 1.58. The summed E-state index contributed by atoms with van der Waals surface area (Å²) in [5.74, 6) is -0.154. The summed E-state index contributed by atoms with van der Waals surface area (Å²) in [6, 6.07) is 2.83. The maximum absolute atomic E-state index is 12.1. The third-order valence-corrected chi connectivity index (χ3v) is 2.23. The van der Waals surface area contributed by atoms with Gasteiger partial charge in [0.25, 0.3) is 5.91 Å². The third kappa shape index (κ3) is 3.88. The average Bonchev–Trinajstić information content (AvgIpc) is 2.34. The van der Waals surface area contributed by atoms with Crippen molar-refractivity contribution in [2.75, 3.05) is 26.8 Å². The lowest BCUT2D eigenvalue weighted by atomic mass is 10.2. The predicted octanol–water partition coefficient (Wildman–Crippen LogP) is 0.649. The predicted molar refractivity (Wildman–Crippen MR) is 65.0 cm³/mol. The first-order chi connectivity index (χ1) is 8.19. The molecule has 0 fully saturated rings. The van der Waals surface area contributed by atoms with E-state index in [0.717, 1.165) is 0 Å². The number of aromatic nitrogens is 1. The van der Waals surface area contributed by atoms with Crippen LogP contribution in [0.4, 0.5) is 0 Å². The molecule has 0 aromatic carbocycles. The fourth-order valence-corrected chi connectivity index (χ4v) is 1.36. The lowest BCUT2D eigenvalue weighted by molar-refractivity contribution is 0.0717. The van der Waals surface area contributed by atoms with Gasteiger partial charge in [0.05, 0.1) is 12.2 Å². The van der Waals surface area contributed by atoms with Crippen molar-refractivity contribution >= 4 is 5.91 Å². The minimum Gasteiger partial charge on any atom is -0.383 e. The van der Waals surface area contributed by atoms with Crippen LogP contribution in [0.3, 0.4) is 0 Å². The molecule has 0 aliphatic heterocycles. The van der Waals surface area contributed by atoms with Gasteiger partial charge in [0.1, 0.15) is 0 Å². The van der Waals surface area contributed by atoms with Crippen molar-refractivity contribution in [3.63, 3.8) is 0 Å². The highest BCUT2D eigenvalue weighted by molar-refractivity contribution is 5.93. The normalized spacial score (nSPS) is 9.94. The minimum atomic E-state index is -0.228. The molecule has 0 atom stereocenters. The van der Waals surface area contributed by atoms with Crippen molar-refractivity contribution in [1.82, 2.24) is 9.88 Å². The van der Waals surface area contributed by atoms with E-state index in [-0.39, 0.29) is 11.5 Å². The van der Waals surface area contributed by atoms with Crippen LogP contribution in [0.5, 0.6) is 0 Å². The molecule has 0 bridgehead atoms. The molecular formula is C12H16N2O3. The monoisotopic (exact) mass is 236 g/mol. The van der Waals surface area contributed by atoms with Crippen molar-refractivity contribution < 1.29 is 9.53 Å². The number of nitrogens with zero attached hydrogens (tertiary/aromatic N) is 1. The second kappa shape index (κ2) is 6.65. The first kappa shape index (κ1) is 13.2. The van der Waals surface area contributed by atoms with E-state index in [1.807, 2.05) is 0 Å². The van der Waals surface area contributed by atoms with Crippen LogP contribution < -0.4 is 5.56 Å². The van der Waals surface area contributed by atoms with Gasteiger partial charge in [-0.1, -0.05) is 6.08 Å². The van der Waals surface area contributed by atoms with Crippen molar-refractivity contribution in [3.8, 4) is 0 Å². The lowest BCUT2D eigenvalue weighted by Gasteiger charge is -2.20. The molecular weight excluding hydrogens is 220 g/mol. The number of H-pyrrole nitrogens is 1. The fourth-order valence-electron chi connectivity index (χ4n) is 1.36. The number of ether oxygens (including phenoxy) is 1. The zero-order valence-electron chi connectivity index (χ0n) is 9.81. The molecule has 0 radical (unpaired) electrons. The number of carbonyl (C=O) groups is 1. The number of aromatic amines is 1. The Balaban J connectivity index is 2.79. The molecule has 92 valence electrons. The molecule has 1 rings (SSSR count). The Kier molecular flexibility index (Phi) is 5.16. The molecule has 1 heterocycles. The molecule has 1 aromatic rings. The quantitative estimate of drug-likeness (QED) is 0.738. The summed E-state index contributed by atoms with van der Waals surface area (Å²) >= 11 is 0. The van der Waals surface area contributed by atoms with E-state index in [0.29, 0.717) is 25.3 Å². The van der Waals surface area contributed by atoms with Crippen LogP contribution in [0.25, 0.3) is 0 Å². The van der Waals surface area contributed by atoms with Gasteiger partial charge in [0.2, 0.25) is 5.56 Å². The van der Waals surface area contributed by atoms with Gasteiger partial charge in [-0.3, -0.25) is 9.59 Å². The second-order valence-electron chi connectivity index (χ2n) is 3.47. The number of pyridine rings is 1. The third-order valence-electron chi connectivity index (χ3n) is 2.23. The Morgan fingerprint density at radius 2 is 2.35 bits per heavy atom. The summed E-state index contributed by atoms with van der Waals surface area (Å²) in [5.41, 5.74) is 0.219. The van der Waals surface area contributed by atoms with Crippen molar-refractivity contribution in [2.45, 2.75) is 0 Å². The van der Waals surface area contributed by atoms with E-state index < -0.39 is 0 Å². The Morgan fingerprint density at radius 1 is 1.59 bits per heavy atom. The van der Waals surface area contributed by atoms with Crippen LogP contribution in [0, 0.1) is 0 Å². The molecule has 5 nitrogen and oxygen atoms in total. The highest BCUT2D eigenvalue weighted by Crippen LogP contribution is 2.02. The van der Waals surface area contributed by atoms with Crippen LogP contribution in [-0.4, -0.2) is 42.6 Å². The van der Waals surface area contributed by atoms with Gasteiger partial charge in [0, 0.05) is 32.5 Å². The van der Waals surface area contributed by atoms with E-state index in [1.165, 1.54) is 18.3 Å². The van der Waals surface area contributed by atoms with Gasteiger partial charge in [-0.2, -0.15) is 0 Å². The fraction of sp³-hybridized carbons (Fsp3) is 0.333. The van der Waals surface area contributed by atoms with Crippen LogP contribution in [0.1, 0.15) is 10.4 Å². The number of rotatable bonds is 6. The Bertz CT molecular complexity index is 419. The maximum atomic E-state index is 12.1. The van der Waals surface area contributed by atoms with Crippen molar-refractivity contribution in [2.24, 2.45) is 0 Å². The molecule has 0 aliphatic carbocycles. The number of methoxy groups -OCH3 is 1. The topological polar surface area (TPSA) is 62.4 Å². The van der Waals surface area contributed by atoms with Crippen LogP contribution in [0.2, 0.25) is 0 Å². The maximum Gasteiger partial charge on any atom is 0.255 e. The molecule has 1 aromatic heterocycles. The largest absolute Gasteiger partial charge is 0.383 e. The van der Waals surface area contributed by atoms with Crippen LogP contribution in [-0.2, 0) is 4.74 Å². The molecule has 1 N–H and O–H groups in total. The van der Waals surface area contributed by atoms with E-state index in [1.54, 1.807) is 18.1 Å². The Hall–Kier alpha value is -1.88. The van der Waals surface area contributed by atoms with E-state index in [4.69, 9.17) is 4.74 Å². The van der Waals surface area contributed by atoms with Crippen LogP contribution >= 0.6 is 0 Å². The highest BCUT2D eigenvalue weighted by Gasteiger charge is 2.13. The molecule has 0 aliphatic rings. The SMILES string of the molecule is C=CCN(CCOC)C(=O)c1ccc(=O)[nH]c1. The van der Waals surface area contributed by atoms with E-state index >= 15 is 0 Å². The first-order valence-corrected chi connectivity index (χ1v) is 5.27. The van der Waals surface area contributed by atoms with Gasteiger partial charge in [-0.25, -0.2) is 0 Å². The van der Waals surface area contributed by atoms with E-state index in [2.05, 4.69) is 11.6 Å². The number of nitrogens with one attached hydrogen (secondary N) is 1. The van der Waals surface area contributed by atoms with Gasteiger partial charge in [-0.05, 0) is 6.07 Å². The smallest absolute Gasteiger partial charge is 0.255 e. The molecule has 0 unspecified atom stereocenters. The van der Waals surface area contributed by atoms with E-state index in [9.17, 15) is 9.59 Å². The van der Waals surface area contributed by atoms with Gasteiger partial charge in [0.15, 0.2) is 0 Å². The number of carbonyl (C=O) groups excluding carboxylic acids is 1. The number of amides is 1. The van der Waals surface area contributed by atoms with Crippen molar-refractivity contribution in [1.29, 1.82) is 0 Å². The molecule has 0 saturated heterocycles. The van der Waals surface area contributed by atoms with Gasteiger partial charge in [-0.15, -0.1) is 6.58 Å². The first-order valence-electron chi connectivity index (χ1n) is 5.27. The molecule has 5 heteroatoms. The van der Waals surface area contributed by atoms with Crippen molar-refractivity contribution in [3.05, 3.63) is 46.9 Å². The summed E-state index contributed by atoms with van der Waals surface area (Å²) < 4.78 is 4.94. The van der Waals surface area contributed by atoms with Gasteiger partial charge >= 0.3 is 0 Å². The molecule has 17 heavy (non-hydrogen) atoms. The molecule has 0 saturated carbocycles. The Labute approximate surface area is 99.7 Å². The highest BCUT2D eigenvalue weighted by atomic mass is 16.5. The minimum absolute atomic E-state index is 0.154. The summed E-state index contributed by atoms with van der Waals surface area (Å²) in [6.45, 7) is 5.00. The number of hydrogen-bond acceptors (Lipinski definition) is 3. The molecule has 0 spiro atoms. The summed E-state index contributed by atoms with van der Waals surface area (Å²) in [6.07, 6.45) is 3.06. The summed E-state index contributed by atoms with van der Waals surface area (Å²) in [4.78, 5) is 27.0. The lowest BCUT2D eigenvalue weighted by Crippen LogP contribution is -2.34. The zero-order chi connectivity index (χ0) is 12.7. The second-order valence-corrected chi connectivity index (χ2v) is 3.47. The summed E-state index contributed by atoms with van der Waals surface area (Å²) in [5, 5.41) is 0. The number of hydrogen-bond donors (Lipinski definition) is 1.